The molecule has 2 nitrogen and oxygen atoms in total. The van der Waals surface area contributed by atoms with Gasteiger partial charge in [-0.25, -0.2) is 0 Å². The van der Waals surface area contributed by atoms with E-state index in [-0.39, 0.29) is 11.8 Å². The lowest BCUT2D eigenvalue weighted by Crippen LogP contribution is -2.12. The van der Waals surface area contributed by atoms with Crippen molar-refractivity contribution in [2.24, 2.45) is 0 Å². The van der Waals surface area contributed by atoms with Gasteiger partial charge in [0, 0.05) is 16.6 Å². The third kappa shape index (κ3) is 1.83. The number of benzene rings is 1. The van der Waals surface area contributed by atoms with Gasteiger partial charge in [-0.2, -0.15) is 0 Å². The van der Waals surface area contributed by atoms with Crippen molar-refractivity contribution in [1.29, 1.82) is 0 Å². The van der Waals surface area contributed by atoms with Crippen LogP contribution in [0.2, 0.25) is 10.0 Å². The smallest absolute Gasteiger partial charge is 0.139 e. The minimum absolute atomic E-state index is 0.149. The fourth-order valence-corrected chi connectivity index (χ4v) is 2.31. The summed E-state index contributed by atoms with van der Waals surface area (Å²) in [6.07, 6.45) is 2.14. The first kappa shape index (κ1) is 10.1. The van der Waals surface area contributed by atoms with Crippen LogP contribution in [0, 0.1) is 0 Å². The Morgan fingerprint density at radius 3 is 2.79 bits per heavy atom. The van der Waals surface area contributed by atoms with Crippen LogP contribution < -0.4 is 5.32 Å². The second-order valence-corrected chi connectivity index (χ2v) is 4.32. The molecule has 1 aliphatic heterocycles. The molecule has 1 atom stereocenters. The molecule has 0 aromatic heterocycles. The standard InChI is InChI=1S/C10H11Cl2NO/c11-6-4-7(9-2-1-3-13-9)10(14)8(12)5-6/h4-5,9,13-14H,1-3H2/t9-/m1/s1. The first-order chi connectivity index (χ1) is 6.68. The average Bonchev–Trinajstić information content (AvgIpc) is 2.63. The summed E-state index contributed by atoms with van der Waals surface area (Å²) in [4.78, 5) is 0. The van der Waals surface area contributed by atoms with Crippen molar-refractivity contribution in [3.8, 4) is 5.75 Å². The Morgan fingerprint density at radius 2 is 2.14 bits per heavy atom. The van der Waals surface area contributed by atoms with E-state index in [0.717, 1.165) is 24.9 Å². The number of halogens is 2. The predicted octanol–water partition coefficient (Wildman–Crippen LogP) is 3.12. The van der Waals surface area contributed by atoms with Crippen LogP contribution in [0.15, 0.2) is 12.1 Å². The summed E-state index contributed by atoms with van der Waals surface area (Å²) in [6, 6.07) is 3.51. The SMILES string of the molecule is Oc1c(Cl)cc(Cl)cc1[C@H]1CCCN1. The molecule has 0 radical (unpaired) electrons. The van der Waals surface area contributed by atoms with E-state index >= 15 is 0 Å². The normalized spacial score (nSPS) is 21.4. The lowest BCUT2D eigenvalue weighted by molar-refractivity contribution is 0.457. The maximum absolute atomic E-state index is 9.75. The monoisotopic (exact) mass is 231 g/mol. The Morgan fingerprint density at radius 1 is 1.36 bits per heavy atom. The van der Waals surface area contributed by atoms with Gasteiger partial charge in [0.05, 0.1) is 5.02 Å². The number of rotatable bonds is 1. The highest BCUT2D eigenvalue weighted by atomic mass is 35.5. The van der Waals surface area contributed by atoms with Crippen LogP contribution in [0.5, 0.6) is 5.75 Å². The van der Waals surface area contributed by atoms with Crippen molar-refractivity contribution in [2.75, 3.05) is 6.54 Å². The van der Waals surface area contributed by atoms with Crippen LogP contribution in [0.3, 0.4) is 0 Å². The highest BCUT2D eigenvalue weighted by molar-refractivity contribution is 6.35. The van der Waals surface area contributed by atoms with E-state index in [4.69, 9.17) is 23.2 Å². The maximum Gasteiger partial charge on any atom is 0.139 e. The van der Waals surface area contributed by atoms with E-state index in [1.165, 1.54) is 0 Å². The second-order valence-electron chi connectivity index (χ2n) is 3.47. The summed E-state index contributed by atoms with van der Waals surface area (Å²) in [5.74, 6) is 0.149. The van der Waals surface area contributed by atoms with Crippen LogP contribution in [-0.2, 0) is 0 Å². The highest BCUT2D eigenvalue weighted by Gasteiger charge is 2.21. The molecule has 1 fully saturated rings. The zero-order valence-corrected chi connectivity index (χ0v) is 9.07. The molecule has 0 saturated carbocycles. The molecule has 1 aliphatic rings. The van der Waals surface area contributed by atoms with Gasteiger partial charge < -0.3 is 10.4 Å². The van der Waals surface area contributed by atoms with Crippen molar-refractivity contribution in [2.45, 2.75) is 18.9 Å². The zero-order valence-electron chi connectivity index (χ0n) is 7.56. The minimum Gasteiger partial charge on any atom is -0.506 e. The lowest BCUT2D eigenvalue weighted by atomic mass is 10.0. The van der Waals surface area contributed by atoms with Gasteiger partial charge in [-0.05, 0) is 31.5 Å². The third-order valence-electron chi connectivity index (χ3n) is 2.49. The topological polar surface area (TPSA) is 32.3 Å². The van der Waals surface area contributed by atoms with E-state index in [1.54, 1.807) is 12.1 Å². The number of phenolic OH excluding ortho intramolecular Hbond substituents is 1. The van der Waals surface area contributed by atoms with Crippen LogP contribution in [0.1, 0.15) is 24.4 Å². The quantitative estimate of drug-likeness (QED) is 0.779. The molecule has 4 heteroatoms. The molecule has 0 spiro atoms. The number of hydrogen-bond donors (Lipinski definition) is 2. The fourth-order valence-electron chi connectivity index (χ4n) is 1.80. The average molecular weight is 232 g/mol. The molecule has 0 aliphatic carbocycles. The van der Waals surface area contributed by atoms with Gasteiger partial charge in [-0.1, -0.05) is 23.2 Å². The molecule has 2 N–H and O–H groups in total. The summed E-state index contributed by atoms with van der Waals surface area (Å²) in [7, 11) is 0. The van der Waals surface area contributed by atoms with Crippen molar-refractivity contribution < 1.29 is 5.11 Å². The Bertz CT molecular complexity index is 348. The summed E-state index contributed by atoms with van der Waals surface area (Å²) in [5, 5.41) is 13.9. The Hall–Kier alpha value is -0.440. The van der Waals surface area contributed by atoms with Gasteiger partial charge in [0.2, 0.25) is 0 Å². The molecule has 0 amide bonds. The number of hydrogen-bond acceptors (Lipinski definition) is 2. The van der Waals surface area contributed by atoms with E-state index in [1.807, 2.05) is 0 Å². The van der Waals surface area contributed by atoms with Crippen molar-refractivity contribution in [3.05, 3.63) is 27.7 Å². The Labute approximate surface area is 92.8 Å². The van der Waals surface area contributed by atoms with Crippen LogP contribution in [0.4, 0.5) is 0 Å². The van der Waals surface area contributed by atoms with Gasteiger partial charge in [-0.3, -0.25) is 0 Å². The van der Waals surface area contributed by atoms with Gasteiger partial charge in [0.1, 0.15) is 5.75 Å². The molecular formula is C10H11Cl2NO. The summed E-state index contributed by atoms with van der Waals surface area (Å²) < 4.78 is 0. The van der Waals surface area contributed by atoms with Crippen molar-refractivity contribution in [3.63, 3.8) is 0 Å². The molecule has 0 bridgehead atoms. The molecule has 1 aromatic rings. The van der Waals surface area contributed by atoms with Crippen molar-refractivity contribution >= 4 is 23.2 Å². The number of aromatic hydroxyl groups is 1. The van der Waals surface area contributed by atoms with Crippen LogP contribution in [-0.4, -0.2) is 11.7 Å². The molecule has 0 unspecified atom stereocenters. The zero-order chi connectivity index (χ0) is 10.1. The largest absolute Gasteiger partial charge is 0.506 e. The number of phenols is 1. The molecule has 1 aromatic carbocycles. The van der Waals surface area contributed by atoms with Gasteiger partial charge in [-0.15, -0.1) is 0 Å². The van der Waals surface area contributed by atoms with Crippen LogP contribution in [0.25, 0.3) is 0 Å². The summed E-state index contributed by atoms with van der Waals surface area (Å²) >= 11 is 11.7. The van der Waals surface area contributed by atoms with Crippen LogP contribution >= 0.6 is 23.2 Å². The summed E-state index contributed by atoms with van der Waals surface area (Å²) in [6.45, 7) is 0.980. The Kier molecular flexibility index (Phi) is 2.86. The molecular weight excluding hydrogens is 221 g/mol. The number of nitrogens with one attached hydrogen (secondary N) is 1. The van der Waals surface area contributed by atoms with Gasteiger partial charge in [0.15, 0.2) is 0 Å². The van der Waals surface area contributed by atoms with Gasteiger partial charge >= 0.3 is 0 Å². The van der Waals surface area contributed by atoms with E-state index in [0.29, 0.717) is 10.0 Å². The fraction of sp³-hybridized carbons (Fsp3) is 0.400. The molecule has 76 valence electrons. The summed E-state index contributed by atoms with van der Waals surface area (Å²) in [5.41, 5.74) is 0.806. The second kappa shape index (κ2) is 3.97. The lowest BCUT2D eigenvalue weighted by Gasteiger charge is -2.13. The first-order valence-corrected chi connectivity index (χ1v) is 5.35. The predicted molar refractivity (Wildman–Crippen MR) is 58.1 cm³/mol. The van der Waals surface area contributed by atoms with E-state index in [9.17, 15) is 5.11 Å². The van der Waals surface area contributed by atoms with E-state index < -0.39 is 0 Å². The van der Waals surface area contributed by atoms with E-state index in [2.05, 4.69) is 5.32 Å². The van der Waals surface area contributed by atoms with Crippen molar-refractivity contribution in [1.82, 2.24) is 5.32 Å². The third-order valence-corrected chi connectivity index (χ3v) is 3.00. The molecule has 1 heterocycles. The minimum atomic E-state index is 0.149. The van der Waals surface area contributed by atoms with Gasteiger partial charge in [0.25, 0.3) is 0 Å². The molecule has 14 heavy (non-hydrogen) atoms. The first-order valence-electron chi connectivity index (χ1n) is 4.60. The maximum atomic E-state index is 9.75. The highest BCUT2D eigenvalue weighted by Crippen LogP contribution is 2.37. The Balaban J connectivity index is 2.40. The molecule has 2 rings (SSSR count). The molecule has 1 saturated heterocycles.